The van der Waals surface area contributed by atoms with Gasteiger partial charge < -0.3 is 19.5 Å². The van der Waals surface area contributed by atoms with Gasteiger partial charge in [0.2, 0.25) is 0 Å². The van der Waals surface area contributed by atoms with E-state index in [1.165, 1.54) is 5.56 Å². The normalized spacial score (nSPS) is 15.6. The molecule has 1 fully saturated rings. The van der Waals surface area contributed by atoms with Crippen molar-refractivity contribution in [1.29, 1.82) is 0 Å². The molecule has 0 atom stereocenters. The SMILES string of the molecule is CCOc1cc(Br)c(CNCCN2CCOCC2)cc1OCC. The molecule has 0 amide bonds. The molecule has 1 saturated heterocycles. The Bertz CT molecular complexity index is 479. The van der Waals surface area contributed by atoms with E-state index in [9.17, 15) is 0 Å². The van der Waals surface area contributed by atoms with Gasteiger partial charge >= 0.3 is 0 Å². The van der Waals surface area contributed by atoms with Gasteiger partial charge in [-0.15, -0.1) is 0 Å². The van der Waals surface area contributed by atoms with Crippen LogP contribution in [0.3, 0.4) is 0 Å². The fraction of sp³-hybridized carbons (Fsp3) is 0.647. The largest absolute Gasteiger partial charge is 0.490 e. The Balaban J connectivity index is 1.86. The molecule has 1 N–H and O–H groups in total. The number of morpholine rings is 1. The number of hydrogen-bond donors (Lipinski definition) is 1. The summed E-state index contributed by atoms with van der Waals surface area (Å²) in [5.41, 5.74) is 1.18. The first-order valence-corrected chi connectivity index (χ1v) is 9.12. The Morgan fingerprint density at radius 1 is 1.13 bits per heavy atom. The Labute approximate surface area is 147 Å². The lowest BCUT2D eigenvalue weighted by Crippen LogP contribution is -2.40. The highest BCUT2D eigenvalue weighted by Gasteiger charge is 2.12. The van der Waals surface area contributed by atoms with Gasteiger partial charge in [-0.05, 0) is 31.5 Å². The van der Waals surface area contributed by atoms with Crippen molar-refractivity contribution < 1.29 is 14.2 Å². The lowest BCUT2D eigenvalue weighted by molar-refractivity contribution is 0.0384. The summed E-state index contributed by atoms with van der Waals surface area (Å²) in [5, 5.41) is 3.50. The highest BCUT2D eigenvalue weighted by atomic mass is 79.9. The predicted molar refractivity (Wildman–Crippen MR) is 95.4 cm³/mol. The molecular formula is C17H27BrN2O3. The zero-order valence-corrected chi connectivity index (χ0v) is 15.7. The lowest BCUT2D eigenvalue weighted by atomic mass is 10.2. The van der Waals surface area contributed by atoms with Crippen molar-refractivity contribution in [3.8, 4) is 11.5 Å². The molecule has 1 aliphatic heterocycles. The Hall–Kier alpha value is -0.820. The molecule has 1 aromatic rings. The molecular weight excluding hydrogens is 360 g/mol. The number of halogens is 1. The quantitative estimate of drug-likeness (QED) is 0.660. The van der Waals surface area contributed by atoms with Crippen LogP contribution in [0.2, 0.25) is 0 Å². The van der Waals surface area contributed by atoms with E-state index in [0.29, 0.717) is 13.2 Å². The zero-order chi connectivity index (χ0) is 16.5. The topological polar surface area (TPSA) is 43.0 Å². The van der Waals surface area contributed by atoms with Gasteiger partial charge in [-0.1, -0.05) is 15.9 Å². The molecule has 0 saturated carbocycles. The number of benzene rings is 1. The molecule has 0 aliphatic carbocycles. The van der Waals surface area contributed by atoms with Crippen molar-refractivity contribution in [3.05, 3.63) is 22.2 Å². The highest BCUT2D eigenvalue weighted by molar-refractivity contribution is 9.10. The average molecular weight is 387 g/mol. The van der Waals surface area contributed by atoms with E-state index < -0.39 is 0 Å². The third-order valence-corrected chi connectivity index (χ3v) is 4.47. The van der Waals surface area contributed by atoms with Crippen molar-refractivity contribution in [1.82, 2.24) is 10.2 Å². The lowest BCUT2D eigenvalue weighted by Gasteiger charge is -2.26. The van der Waals surface area contributed by atoms with E-state index in [1.807, 2.05) is 19.9 Å². The summed E-state index contributed by atoms with van der Waals surface area (Å²) in [4.78, 5) is 2.43. The summed E-state index contributed by atoms with van der Waals surface area (Å²) in [7, 11) is 0. The first kappa shape index (κ1) is 18.5. The molecule has 23 heavy (non-hydrogen) atoms. The molecule has 0 aromatic heterocycles. The molecule has 1 aliphatic rings. The smallest absolute Gasteiger partial charge is 0.162 e. The van der Waals surface area contributed by atoms with Gasteiger partial charge in [-0.25, -0.2) is 0 Å². The maximum Gasteiger partial charge on any atom is 0.162 e. The second-order valence-corrected chi connectivity index (χ2v) is 6.24. The monoisotopic (exact) mass is 386 g/mol. The molecule has 0 radical (unpaired) electrons. The zero-order valence-electron chi connectivity index (χ0n) is 14.1. The molecule has 0 unspecified atom stereocenters. The van der Waals surface area contributed by atoms with E-state index in [1.54, 1.807) is 0 Å². The number of nitrogens with one attached hydrogen (secondary N) is 1. The van der Waals surface area contributed by atoms with Crippen LogP contribution in [0.15, 0.2) is 16.6 Å². The maximum absolute atomic E-state index is 5.69. The highest BCUT2D eigenvalue weighted by Crippen LogP contribution is 2.33. The molecule has 0 spiro atoms. The van der Waals surface area contributed by atoms with Crippen molar-refractivity contribution in [2.45, 2.75) is 20.4 Å². The second kappa shape index (κ2) is 10.1. The molecule has 1 heterocycles. The van der Waals surface area contributed by atoms with Crippen LogP contribution >= 0.6 is 15.9 Å². The van der Waals surface area contributed by atoms with Gasteiger partial charge in [0.15, 0.2) is 11.5 Å². The van der Waals surface area contributed by atoms with E-state index in [-0.39, 0.29) is 0 Å². The summed E-state index contributed by atoms with van der Waals surface area (Å²) in [6.07, 6.45) is 0. The summed E-state index contributed by atoms with van der Waals surface area (Å²) >= 11 is 3.63. The van der Waals surface area contributed by atoms with Crippen molar-refractivity contribution in [3.63, 3.8) is 0 Å². The van der Waals surface area contributed by atoms with E-state index >= 15 is 0 Å². The summed E-state index contributed by atoms with van der Waals surface area (Å²) in [5.74, 6) is 1.60. The van der Waals surface area contributed by atoms with Crippen LogP contribution in [-0.4, -0.2) is 57.5 Å². The molecule has 6 heteroatoms. The average Bonchev–Trinajstić information content (AvgIpc) is 2.56. The van der Waals surface area contributed by atoms with Gasteiger partial charge in [0.05, 0.1) is 26.4 Å². The van der Waals surface area contributed by atoms with Gasteiger partial charge in [-0.2, -0.15) is 0 Å². The van der Waals surface area contributed by atoms with Crippen LogP contribution in [0.1, 0.15) is 19.4 Å². The van der Waals surface area contributed by atoms with Gasteiger partial charge in [0.1, 0.15) is 0 Å². The molecule has 0 bridgehead atoms. The number of ether oxygens (including phenoxy) is 3. The standard InChI is InChI=1S/C17H27BrN2O3/c1-3-22-16-11-14(15(18)12-17(16)23-4-2)13-19-5-6-20-7-9-21-10-8-20/h11-12,19H,3-10,13H2,1-2H3. The van der Waals surface area contributed by atoms with E-state index in [0.717, 1.165) is 61.9 Å². The van der Waals surface area contributed by atoms with Crippen molar-refractivity contribution in [2.75, 3.05) is 52.6 Å². The number of rotatable bonds is 9. The first-order valence-electron chi connectivity index (χ1n) is 8.33. The van der Waals surface area contributed by atoms with Crippen LogP contribution in [-0.2, 0) is 11.3 Å². The van der Waals surface area contributed by atoms with Crippen LogP contribution < -0.4 is 14.8 Å². The van der Waals surface area contributed by atoms with Crippen molar-refractivity contribution in [2.24, 2.45) is 0 Å². The maximum atomic E-state index is 5.69. The Kier molecular flexibility index (Phi) is 8.16. The van der Waals surface area contributed by atoms with E-state index in [4.69, 9.17) is 14.2 Å². The third kappa shape index (κ3) is 5.95. The number of nitrogens with zero attached hydrogens (tertiary/aromatic N) is 1. The van der Waals surface area contributed by atoms with Crippen LogP contribution in [0.5, 0.6) is 11.5 Å². The minimum Gasteiger partial charge on any atom is -0.490 e. The first-order chi connectivity index (χ1) is 11.2. The fourth-order valence-electron chi connectivity index (χ4n) is 2.53. The minimum absolute atomic E-state index is 0.629. The van der Waals surface area contributed by atoms with Gasteiger partial charge in [0, 0.05) is 37.2 Å². The summed E-state index contributed by atoms with van der Waals surface area (Å²) < 4.78 is 17.7. The van der Waals surface area contributed by atoms with Crippen LogP contribution in [0.4, 0.5) is 0 Å². The second-order valence-electron chi connectivity index (χ2n) is 5.39. The minimum atomic E-state index is 0.629. The summed E-state index contributed by atoms with van der Waals surface area (Å²) in [6.45, 7) is 11.8. The Morgan fingerprint density at radius 3 is 2.43 bits per heavy atom. The van der Waals surface area contributed by atoms with Crippen molar-refractivity contribution >= 4 is 15.9 Å². The molecule has 2 rings (SSSR count). The van der Waals surface area contributed by atoms with Gasteiger partial charge in [0.25, 0.3) is 0 Å². The van der Waals surface area contributed by atoms with Gasteiger partial charge in [-0.3, -0.25) is 4.90 Å². The van der Waals surface area contributed by atoms with Crippen LogP contribution in [0.25, 0.3) is 0 Å². The predicted octanol–water partition coefficient (Wildman–Crippen LogP) is 2.67. The third-order valence-electron chi connectivity index (χ3n) is 3.74. The molecule has 1 aromatic carbocycles. The Morgan fingerprint density at radius 2 is 1.78 bits per heavy atom. The fourth-order valence-corrected chi connectivity index (χ4v) is 3.00. The van der Waals surface area contributed by atoms with E-state index in [2.05, 4.69) is 32.2 Å². The molecule has 130 valence electrons. The molecule has 5 nitrogen and oxygen atoms in total. The van der Waals surface area contributed by atoms with Crippen LogP contribution in [0, 0.1) is 0 Å². The number of hydrogen-bond acceptors (Lipinski definition) is 5. The summed E-state index contributed by atoms with van der Waals surface area (Å²) in [6, 6.07) is 4.05.